The van der Waals surface area contributed by atoms with Gasteiger partial charge in [-0.1, -0.05) is 0 Å². The molecule has 0 rings (SSSR count). The second-order valence-electron chi connectivity index (χ2n) is 2.26. The normalized spacial score (nSPS) is 14.1. The Morgan fingerprint density at radius 2 is 2.08 bits per heavy atom. The topological polar surface area (TPSA) is 52.3 Å². The minimum atomic E-state index is -4.44. The molecule has 0 fully saturated rings. The van der Waals surface area contributed by atoms with Crippen LogP contribution in [0.25, 0.3) is 0 Å². The van der Waals surface area contributed by atoms with Crippen molar-refractivity contribution in [2.24, 2.45) is 5.73 Å². The number of esters is 1. The lowest BCUT2D eigenvalue weighted by molar-refractivity contribution is -0.153. The van der Waals surface area contributed by atoms with Crippen LogP contribution >= 0.6 is 0 Å². The molecular formula is C6H10F3NO2. The third-order valence-corrected chi connectivity index (χ3v) is 1.31. The predicted molar refractivity (Wildman–Crippen MR) is 35.3 cm³/mol. The van der Waals surface area contributed by atoms with E-state index in [2.05, 4.69) is 4.74 Å². The molecule has 0 bridgehead atoms. The van der Waals surface area contributed by atoms with Crippen molar-refractivity contribution in [3.05, 3.63) is 0 Å². The standard InChI is InChI=1S/C6H10F3NO2/c1-12-5(11)3-2-4(10)6(7,8)9/h4H,2-3,10H2,1H3. The van der Waals surface area contributed by atoms with E-state index in [0.29, 0.717) is 0 Å². The van der Waals surface area contributed by atoms with Gasteiger partial charge in [-0.15, -0.1) is 0 Å². The van der Waals surface area contributed by atoms with Gasteiger partial charge in [0.1, 0.15) is 6.04 Å². The van der Waals surface area contributed by atoms with Gasteiger partial charge in [0.15, 0.2) is 0 Å². The number of rotatable bonds is 3. The van der Waals surface area contributed by atoms with Crippen molar-refractivity contribution in [1.29, 1.82) is 0 Å². The molecule has 1 atom stereocenters. The van der Waals surface area contributed by atoms with Crippen LogP contribution in [-0.4, -0.2) is 25.3 Å². The highest BCUT2D eigenvalue weighted by Gasteiger charge is 2.36. The predicted octanol–water partition coefficient (Wildman–Crippen LogP) is 0.829. The van der Waals surface area contributed by atoms with Gasteiger partial charge in [-0.05, 0) is 6.42 Å². The first kappa shape index (κ1) is 11.2. The lowest BCUT2D eigenvalue weighted by atomic mass is 10.1. The zero-order valence-corrected chi connectivity index (χ0v) is 6.52. The molecule has 0 aliphatic rings. The van der Waals surface area contributed by atoms with Crippen LogP contribution in [0.2, 0.25) is 0 Å². The molecule has 72 valence electrons. The van der Waals surface area contributed by atoms with Gasteiger partial charge in [-0.3, -0.25) is 4.79 Å². The summed E-state index contributed by atoms with van der Waals surface area (Å²) in [4.78, 5) is 10.4. The highest BCUT2D eigenvalue weighted by molar-refractivity contribution is 5.69. The highest BCUT2D eigenvalue weighted by Crippen LogP contribution is 2.21. The van der Waals surface area contributed by atoms with Crippen molar-refractivity contribution in [1.82, 2.24) is 0 Å². The van der Waals surface area contributed by atoms with Gasteiger partial charge in [-0.25, -0.2) is 0 Å². The van der Waals surface area contributed by atoms with Gasteiger partial charge in [0.2, 0.25) is 0 Å². The van der Waals surface area contributed by atoms with Crippen LogP contribution in [0.15, 0.2) is 0 Å². The molecule has 0 aromatic heterocycles. The third-order valence-electron chi connectivity index (χ3n) is 1.31. The van der Waals surface area contributed by atoms with Crippen LogP contribution in [0.3, 0.4) is 0 Å². The summed E-state index contributed by atoms with van der Waals surface area (Å²) in [6, 6.07) is -1.95. The Kier molecular flexibility index (Phi) is 4.02. The molecule has 0 saturated carbocycles. The number of carbonyl (C=O) groups is 1. The molecule has 2 N–H and O–H groups in total. The van der Waals surface area contributed by atoms with Crippen LogP contribution in [0.1, 0.15) is 12.8 Å². The minimum Gasteiger partial charge on any atom is -0.469 e. The van der Waals surface area contributed by atoms with Crippen molar-refractivity contribution in [3.8, 4) is 0 Å². The van der Waals surface area contributed by atoms with Gasteiger partial charge >= 0.3 is 12.1 Å². The highest BCUT2D eigenvalue weighted by atomic mass is 19.4. The largest absolute Gasteiger partial charge is 0.469 e. The summed E-state index contributed by atoms with van der Waals surface area (Å²) < 4.78 is 39.3. The fourth-order valence-corrected chi connectivity index (χ4v) is 0.539. The van der Waals surface area contributed by atoms with Crippen molar-refractivity contribution >= 4 is 5.97 Å². The minimum absolute atomic E-state index is 0.308. The van der Waals surface area contributed by atoms with Crippen molar-refractivity contribution in [3.63, 3.8) is 0 Å². The fourth-order valence-electron chi connectivity index (χ4n) is 0.539. The summed E-state index contributed by atoms with van der Waals surface area (Å²) in [5.41, 5.74) is 4.72. The van der Waals surface area contributed by atoms with E-state index in [1.54, 1.807) is 0 Å². The smallest absolute Gasteiger partial charge is 0.403 e. The van der Waals surface area contributed by atoms with E-state index in [1.807, 2.05) is 0 Å². The van der Waals surface area contributed by atoms with E-state index in [1.165, 1.54) is 0 Å². The molecular weight excluding hydrogens is 175 g/mol. The number of hydrogen-bond acceptors (Lipinski definition) is 3. The SMILES string of the molecule is COC(=O)CCC(N)C(F)(F)F. The molecule has 0 amide bonds. The maximum Gasteiger partial charge on any atom is 0.403 e. The Balaban J connectivity index is 3.72. The number of nitrogens with two attached hydrogens (primary N) is 1. The van der Waals surface area contributed by atoms with Crippen LogP contribution in [0.4, 0.5) is 13.2 Å². The molecule has 6 heteroatoms. The number of halogens is 3. The first-order valence-corrected chi connectivity index (χ1v) is 3.27. The van der Waals surface area contributed by atoms with Crippen LogP contribution in [0, 0.1) is 0 Å². The van der Waals surface area contributed by atoms with Gasteiger partial charge in [0.05, 0.1) is 7.11 Å². The molecule has 0 aromatic rings. The van der Waals surface area contributed by atoms with Crippen LogP contribution < -0.4 is 5.73 Å². The lowest BCUT2D eigenvalue weighted by Gasteiger charge is -2.13. The second-order valence-corrected chi connectivity index (χ2v) is 2.26. The maximum atomic E-state index is 11.7. The van der Waals surface area contributed by atoms with Crippen molar-refractivity contribution in [2.75, 3.05) is 7.11 Å². The van der Waals surface area contributed by atoms with E-state index in [-0.39, 0.29) is 6.42 Å². The summed E-state index contributed by atoms with van der Waals surface area (Å²) in [6.45, 7) is 0. The Bertz CT molecular complexity index is 157. The maximum absolute atomic E-state index is 11.7. The molecule has 0 aromatic carbocycles. The number of alkyl halides is 3. The van der Waals surface area contributed by atoms with E-state index < -0.39 is 24.6 Å². The summed E-state index contributed by atoms with van der Waals surface area (Å²) in [5, 5.41) is 0. The Labute approximate surface area is 67.7 Å². The first-order chi connectivity index (χ1) is 5.38. The van der Waals surface area contributed by atoms with Crippen molar-refractivity contribution < 1.29 is 22.7 Å². The molecule has 0 saturated heterocycles. The summed E-state index contributed by atoms with van der Waals surface area (Å²) in [6.07, 6.45) is -5.18. The number of carbonyl (C=O) groups excluding carboxylic acids is 1. The second kappa shape index (κ2) is 4.30. The van der Waals surface area contributed by atoms with Gasteiger partial charge < -0.3 is 10.5 Å². The molecule has 0 aliphatic carbocycles. The zero-order valence-electron chi connectivity index (χ0n) is 6.52. The Hall–Kier alpha value is -0.780. The quantitative estimate of drug-likeness (QED) is 0.662. The van der Waals surface area contributed by atoms with Gasteiger partial charge in [0, 0.05) is 6.42 Å². The molecule has 3 nitrogen and oxygen atoms in total. The monoisotopic (exact) mass is 185 g/mol. The Morgan fingerprint density at radius 3 is 2.42 bits per heavy atom. The average molecular weight is 185 g/mol. The molecule has 0 heterocycles. The van der Waals surface area contributed by atoms with E-state index in [9.17, 15) is 18.0 Å². The summed E-state index contributed by atoms with van der Waals surface area (Å²) in [5.74, 6) is -0.685. The molecule has 12 heavy (non-hydrogen) atoms. The third kappa shape index (κ3) is 4.17. The number of ether oxygens (including phenoxy) is 1. The molecule has 0 spiro atoms. The molecule has 0 radical (unpaired) electrons. The fraction of sp³-hybridized carbons (Fsp3) is 0.833. The summed E-state index contributed by atoms with van der Waals surface area (Å²) in [7, 11) is 1.11. The summed E-state index contributed by atoms with van der Waals surface area (Å²) >= 11 is 0. The van der Waals surface area contributed by atoms with Crippen molar-refractivity contribution in [2.45, 2.75) is 25.1 Å². The molecule has 0 aliphatic heterocycles. The number of methoxy groups -OCH3 is 1. The van der Waals surface area contributed by atoms with E-state index >= 15 is 0 Å². The van der Waals surface area contributed by atoms with Gasteiger partial charge in [-0.2, -0.15) is 13.2 Å². The van der Waals surface area contributed by atoms with Crippen LogP contribution in [0.5, 0.6) is 0 Å². The average Bonchev–Trinajstić information content (AvgIpc) is 1.97. The van der Waals surface area contributed by atoms with E-state index in [4.69, 9.17) is 5.73 Å². The first-order valence-electron chi connectivity index (χ1n) is 3.27. The van der Waals surface area contributed by atoms with Crippen LogP contribution in [-0.2, 0) is 9.53 Å². The number of hydrogen-bond donors (Lipinski definition) is 1. The lowest BCUT2D eigenvalue weighted by Crippen LogP contribution is -2.37. The zero-order chi connectivity index (χ0) is 9.78. The Morgan fingerprint density at radius 1 is 1.58 bits per heavy atom. The molecule has 1 unspecified atom stereocenters. The van der Waals surface area contributed by atoms with Gasteiger partial charge in [0.25, 0.3) is 0 Å². The van der Waals surface area contributed by atoms with E-state index in [0.717, 1.165) is 7.11 Å².